The van der Waals surface area contributed by atoms with Gasteiger partial charge in [-0.3, -0.25) is 15.5 Å². The lowest BCUT2D eigenvalue weighted by Crippen LogP contribution is -2.30. The van der Waals surface area contributed by atoms with E-state index in [1.165, 1.54) is 30.2 Å². The maximum atomic E-state index is 10.9. The summed E-state index contributed by atoms with van der Waals surface area (Å²) in [5.74, 6) is 0.452. The third kappa shape index (κ3) is 4.40. The number of aliphatic imine (C=N–C) groups is 1. The molecule has 0 saturated carbocycles. The number of ether oxygens (including phenoxy) is 1. The van der Waals surface area contributed by atoms with Gasteiger partial charge >= 0.3 is 0 Å². The van der Waals surface area contributed by atoms with Gasteiger partial charge in [-0.15, -0.1) is 0 Å². The average molecular weight is 459 g/mol. The second-order valence-corrected chi connectivity index (χ2v) is 9.26. The van der Waals surface area contributed by atoms with Gasteiger partial charge in [0.05, 0.1) is 33.9 Å². The summed E-state index contributed by atoms with van der Waals surface area (Å²) < 4.78 is 5.34. The molecule has 0 saturated heterocycles. The Kier molecular flexibility index (Phi) is 5.67. The maximum absolute atomic E-state index is 10.9. The Balaban J connectivity index is 1.64. The summed E-state index contributed by atoms with van der Waals surface area (Å²) >= 11 is 7.67. The number of rotatable bonds is 5. The quantitative estimate of drug-likeness (QED) is 0.294. The number of non-ortho nitro benzene ring substituents is 1. The summed E-state index contributed by atoms with van der Waals surface area (Å²) in [7, 11) is 1.56. The van der Waals surface area contributed by atoms with Crippen LogP contribution in [0.25, 0.3) is 0 Å². The van der Waals surface area contributed by atoms with E-state index in [0.717, 1.165) is 34.2 Å². The number of halogens is 1. The highest BCUT2D eigenvalue weighted by Gasteiger charge is 2.35. The van der Waals surface area contributed by atoms with Crippen molar-refractivity contribution in [1.82, 2.24) is 15.4 Å². The number of nitrogens with zero attached hydrogens (tertiary/aromatic N) is 5. The molecule has 0 atom stereocenters. The minimum atomic E-state index is -0.487. The van der Waals surface area contributed by atoms with Gasteiger partial charge in [0.2, 0.25) is 5.88 Å². The largest absolute Gasteiger partial charge is 0.479 e. The van der Waals surface area contributed by atoms with Gasteiger partial charge < -0.3 is 4.74 Å². The number of hydrogen-bond donors (Lipinski definition) is 1. The van der Waals surface area contributed by atoms with Gasteiger partial charge in [-0.05, 0) is 24.3 Å². The molecule has 0 amide bonds. The highest BCUT2D eigenvalue weighted by atomic mass is 35.5. The van der Waals surface area contributed by atoms with E-state index in [4.69, 9.17) is 21.3 Å². The van der Waals surface area contributed by atoms with Gasteiger partial charge in [0, 0.05) is 23.4 Å². The van der Waals surface area contributed by atoms with Crippen molar-refractivity contribution in [3.8, 4) is 5.88 Å². The van der Waals surface area contributed by atoms with Crippen molar-refractivity contribution in [2.75, 3.05) is 7.11 Å². The number of allylic oxidation sites excluding steroid dienone is 2. The zero-order valence-electron chi connectivity index (χ0n) is 17.0. The molecule has 1 aliphatic heterocycles. The number of benzene rings is 1. The Morgan fingerprint density at radius 2 is 2.16 bits per heavy atom. The van der Waals surface area contributed by atoms with E-state index in [9.17, 15) is 10.1 Å². The fraction of sp³-hybridized carbons (Fsp3) is 0.300. The smallest absolute Gasteiger partial charge is 0.270 e. The first-order valence-corrected chi connectivity index (χ1v) is 10.6. The van der Waals surface area contributed by atoms with Crippen LogP contribution in [0.1, 0.15) is 32.3 Å². The highest BCUT2D eigenvalue weighted by molar-refractivity contribution is 8.04. The third-order valence-electron chi connectivity index (χ3n) is 4.83. The van der Waals surface area contributed by atoms with Crippen molar-refractivity contribution in [2.45, 2.75) is 31.7 Å². The first kappa shape index (κ1) is 21.3. The molecule has 4 rings (SSSR count). The Bertz CT molecular complexity index is 1160. The second kappa shape index (κ2) is 8.27. The van der Waals surface area contributed by atoms with E-state index in [2.05, 4.69) is 34.3 Å². The fourth-order valence-corrected chi connectivity index (χ4v) is 4.67. The van der Waals surface area contributed by atoms with Crippen LogP contribution in [0.15, 0.2) is 50.2 Å². The molecule has 31 heavy (non-hydrogen) atoms. The standard InChI is InChI=1S/C20H19ClN6O3S/c1-20(2)7-14-17(31-19-16(25-14)18(30-3)22-10-23-19)15(8-20)26-24-9-11-4-5-12(27(28)29)6-13(11)21/h4-6,9-10,26H,7-8H2,1-3H3. The predicted molar refractivity (Wildman–Crippen MR) is 120 cm³/mol. The molecular formula is C20H19ClN6O3S. The van der Waals surface area contributed by atoms with Gasteiger partial charge in [0.15, 0.2) is 5.69 Å². The van der Waals surface area contributed by atoms with Crippen molar-refractivity contribution in [1.29, 1.82) is 0 Å². The van der Waals surface area contributed by atoms with Crippen LogP contribution in [0.3, 0.4) is 0 Å². The highest BCUT2D eigenvalue weighted by Crippen LogP contribution is 2.49. The number of aromatic nitrogens is 2. The van der Waals surface area contributed by atoms with E-state index in [0.29, 0.717) is 17.1 Å². The van der Waals surface area contributed by atoms with Crippen molar-refractivity contribution in [3.63, 3.8) is 0 Å². The minimum absolute atomic E-state index is 0.0217. The van der Waals surface area contributed by atoms with Crippen LogP contribution in [0, 0.1) is 15.5 Å². The summed E-state index contributed by atoms with van der Waals surface area (Å²) in [5, 5.41) is 16.2. The molecule has 0 unspecified atom stereocenters. The van der Waals surface area contributed by atoms with Gasteiger partial charge in [-0.2, -0.15) is 10.1 Å². The number of hydrazone groups is 1. The van der Waals surface area contributed by atoms with Gasteiger partial charge in [0.25, 0.3) is 5.69 Å². The van der Waals surface area contributed by atoms with Crippen LogP contribution in [0.5, 0.6) is 5.88 Å². The third-order valence-corrected chi connectivity index (χ3v) is 6.34. The zero-order valence-corrected chi connectivity index (χ0v) is 18.6. The lowest BCUT2D eigenvalue weighted by molar-refractivity contribution is -0.384. The Morgan fingerprint density at radius 3 is 2.87 bits per heavy atom. The molecule has 0 fully saturated rings. The molecule has 2 aliphatic rings. The molecule has 1 aromatic carbocycles. The number of thioether (sulfide) groups is 1. The van der Waals surface area contributed by atoms with Crippen LogP contribution < -0.4 is 10.2 Å². The summed E-state index contributed by atoms with van der Waals surface area (Å²) in [5.41, 5.74) is 6.13. The number of nitro benzene ring substituents is 1. The van der Waals surface area contributed by atoms with Crippen LogP contribution in [-0.4, -0.2) is 33.9 Å². The second-order valence-electron chi connectivity index (χ2n) is 7.86. The molecule has 1 N–H and O–H groups in total. The van der Waals surface area contributed by atoms with Gasteiger partial charge in [-0.25, -0.2) is 9.98 Å². The van der Waals surface area contributed by atoms with Crippen LogP contribution in [0.4, 0.5) is 11.4 Å². The molecule has 160 valence electrons. The lowest BCUT2D eigenvalue weighted by atomic mass is 9.78. The summed E-state index contributed by atoms with van der Waals surface area (Å²) in [6, 6.07) is 4.26. The molecule has 9 nitrogen and oxygen atoms in total. The molecular weight excluding hydrogens is 440 g/mol. The van der Waals surface area contributed by atoms with Crippen molar-refractivity contribution < 1.29 is 9.66 Å². The Morgan fingerprint density at radius 1 is 1.35 bits per heavy atom. The van der Waals surface area contributed by atoms with Gasteiger partial charge in [-0.1, -0.05) is 37.2 Å². The summed E-state index contributed by atoms with van der Waals surface area (Å²) in [6.45, 7) is 4.34. The molecule has 0 bridgehead atoms. The normalized spacial score (nSPS) is 17.1. The summed E-state index contributed by atoms with van der Waals surface area (Å²) in [6.07, 6.45) is 4.58. The molecule has 1 aromatic heterocycles. The Labute approximate surface area is 187 Å². The van der Waals surface area contributed by atoms with Crippen molar-refractivity contribution in [2.24, 2.45) is 15.5 Å². The first-order valence-electron chi connectivity index (χ1n) is 9.38. The zero-order chi connectivity index (χ0) is 22.2. The number of nitro groups is 1. The number of hydrogen-bond acceptors (Lipinski definition) is 9. The van der Waals surface area contributed by atoms with Crippen LogP contribution in [-0.2, 0) is 0 Å². The molecule has 1 aliphatic carbocycles. The van der Waals surface area contributed by atoms with Crippen molar-refractivity contribution >= 4 is 46.7 Å². The van der Waals surface area contributed by atoms with E-state index in [1.54, 1.807) is 19.4 Å². The number of fused-ring (bicyclic) bond motifs is 2. The maximum Gasteiger partial charge on any atom is 0.270 e. The number of nitrogens with one attached hydrogen (secondary N) is 1. The SMILES string of the molecule is COc1ncnc2c1N=C1CC(C)(C)CC(NN=Cc3ccc([N+](=O)[O-])cc3Cl)=C1S2. The molecule has 2 heterocycles. The summed E-state index contributed by atoms with van der Waals surface area (Å²) in [4.78, 5) is 24.7. The topological polar surface area (TPSA) is 115 Å². The predicted octanol–water partition coefficient (Wildman–Crippen LogP) is 4.88. The monoisotopic (exact) mass is 458 g/mol. The first-order chi connectivity index (χ1) is 14.8. The molecule has 0 spiro atoms. The Hall–Kier alpha value is -2.98. The van der Waals surface area contributed by atoms with Crippen molar-refractivity contribution in [3.05, 3.63) is 55.8 Å². The average Bonchev–Trinajstić information content (AvgIpc) is 2.72. The lowest BCUT2D eigenvalue weighted by Gasteiger charge is -2.35. The molecule has 0 radical (unpaired) electrons. The van der Waals surface area contributed by atoms with E-state index >= 15 is 0 Å². The molecule has 2 aromatic rings. The minimum Gasteiger partial charge on any atom is -0.479 e. The van der Waals surface area contributed by atoms with Gasteiger partial charge in [0.1, 0.15) is 11.4 Å². The fourth-order valence-electron chi connectivity index (χ4n) is 3.44. The van der Waals surface area contributed by atoms with E-state index < -0.39 is 4.92 Å². The number of methoxy groups -OCH3 is 1. The molecule has 11 heteroatoms. The van der Waals surface area contributed by atoms with E-state index in [1.807, 2.05) is 0 Å². The van der Waals surface area contributed by atoms with Crippen LogP contribution >= 0.6 is 23.4 Å². The van der Waals surface area contributed by atoms with Crippen LogP contribution in [0.2, 0.25) is 5.02 Å². The van der Waals surface area contributed by atoms with E-state index in [-0.39, 0.29) is 16.1 Å².